The molecule has 0 bridgehead atoms. The van der Waals surface area contributed by atoms with Gasteiger partial charge in [0.1, 0.15) is 17.0 Å². The first-order valence-electron chi connectivity index (χ1n) is 14.5. The number of aryl methyl sites for hydroxylation is 1. The van der Waals surface area contributed by atoms with E-state index in [1.54, 1.807) is 24.3 Å². The van der Waals surface area contributed by atoms with Crippen molar-refractivity contribution in [3.63, 3.8) is 0 Å². The third kappa shape index (κ3) is 7.87. The van der Waals surface area contributed by atoms with Crippen LogP contribution in [0.1, 0.15) is 35.2 Å². The number of ether oxygens (including phenoxy) is 3. The van der Waals surface area contributed by atoms with Gasteiger partial charge in [-0.05, 0) is 72.5 Å². The molecular weight excluding hydrogens is 637 g/mol. The Labute approximate surface area is 267 Å². The predicted octanol–water partition coefficient (Wildman–Crippen LogP) is 4.00. The molecule has 47 heavy (non-hydrogen) atoms. The minimum atomic E-state index is -4.23. The molecule has 2 aromatic heterocycles. The van der Waals surface area contributed by atoms with E-state index < -0.39 is 32.3 Å². The van der Waals surface area contributed by atoms with E-state index >= 15 is 0 Å². The first-order chi connectivity index (χ1) is 22.7. The zero-order valence-corrected chi connectivity index (χ0v) is 26.0. The van der Waals surface area contributed by atoms with Crippen LogP contribution in [0, 0.1) is 11.0 Å². The number of benzene rings is 3. The molecule has 0 aliphatic rings. The van der Waals surface area contributed by atoms with Crippen molar-refractivity contribution in [3.05, 3.63) is 105 Å². The molecule has 5 rings (SSSR count). The maximum absolute atomic E-state index is 13.1. The fourth-order valence-corrected chi connectivity index (χ4v) is 5.89. The number of sulfone groups is 1. The zero-order valence-electron chi connectivity index (χ0n) is 25.1. The molecule has 15 heteroatoms. The minimum Gasteiger partial charge on any atom is -0.493 e. The lowest BCUT2D eigenvalue weighted by molar-refractivity contribution is -0.832. The molecule has 246 valence electrons. The van der Waals surface area contributed by atoms with E-state index in [9.17, 15) is 27.6 Å². The van der Waals surface area contributed by atoms with Crippen LogP contribution in [0.5, 0.6) is 17.4 Å². The van der Waals surface area contributed by atoms with Crippen LogP contribution in [0.15, 0.2) is 96.6 Å². The van der Waals surface area contributed by atoms with Crippen LogP contribution < -0.4 is 30.1 Å². The molecule has 0 spiro atoms. The van der Waals surface area contributed by atoms with Gasteiger partial charge in [-0.3, -0.25) is 9.42 Å². The molecule has 1 amide bonds. The number of carbonyl (C=O) groups is 1. The predicted molar refractivity (Wildman–Crippen MR) is 164 cm³/mol. The molecule has 0 saturated carbocycles. The summed E-state index contributed by atoms with van der Waals surface area (Å²) in [6.45, 7) is 0.497. The van der Waals surface area contributed by atoms with Crippen LogP contribution in [-0.4, -0.2) is 46.3 Å². The average molecular weight is 668 g/mol. The molecule has 0 aliphatic heterocycles. The SMILES string of the molecule is COc1cc2cc(C(=O)NCCCc3ccc(F)cc3)c(=O)oc2cc1OCCCCOc1no[n+]([O-])c1S(=O)(=O)c1ccccc1. The number of fused-ring (bicyclic) bond motifs is 1. The molecule has 13 nitrogen and oxygen atoms in total. The van der Waals surface area contributed by atoms with Gasteiger partial charge in [0.25, 0.3) is 15.7 Å². The van der Waals surface area contributed by atoms with E-state index in [0.717, 1.165) is 5.56 Å². The summed E-state index contributed by atoms with van der Waals surface area (Å²) < 4.78 is 65.4. The smallest absolute Gasteiger partial charge is 0.414 e. The topological polar surface area (TPSA) is 174 Å². The Kier molecular flexibility index (Phi) is 10.3. The lowest BCUT2D eigenvalue weighted by atomic mass is 10.1. The van der Waals surface area contributed by atoms with Crippen molar-refractivity contribution in [2.24, 2.45) is 0 Å². The van der Waals surface area contributed by atoms with E-state index in [1.807, 2.05) is 0 Å². The summed E-state index contributed by atoms with van der Waals surface area (Å²) in [5.74, 6) is -0.715. The number of methoxy groups -OCH3 is 1. The van der Waals surface area contributed by atoms with Crippen LogP contribution >= 0.6 is 0 Å². The van der Waals surface area contributed by atoms with Crippen LogP contribution in [0.2, 0.25) is 0 Å². The van der Waals surface area contributed by atoms with Gasteiger partial charge in [0, 0.05) is 18.0 Å². The molecule has 0 unspecified atom stereocenters. The van der Waals surface area contributed by atoms with Gasteiger partial charge >= 0.3 is 16.5 Å². The van der Waals surface area contributed by atoms with Gasteiger partial charge < -0.3 is 29.2 Å². The van der Waals surface area contributed by atoms with Crippen molar-refractivity contribution >= 4 is 26.7 Å². The molecular formula is C32H30FN3O10S. The Hall–Kier alpha value is -5.44. The van der Waals surface area contributed by atoms with Crippen LogP contribution in [0.25, 0.3) is 11.0 Å². The van der Waals surface area contributed by atoms with Crippen LogP contribution in [0.3, 0.4) is 0 Å². The molecule has 0 saturated heterocycles. The summed E-state index contributed by atoms with van der Waals surface area (Å²) in [6, 6.07) is 18.0. The summed E-state index contributed by atoms with van der Waals surface area (Å²) in [5, 5.41) is 17.9. The number of aromatic nitrogens is 2. The van der Waals surface area contributed by atoms with Crippen LogP contribution in [0.4, 0.5) is 4.39 Å². The Morgan fingerprint density at radius 2 is 1.70 bits per heavy atom. The Bertz CT molecular complexity index is 2010. The minimum absolute atomic E-state index is 0.00795. The Morgan fingerprint density at radius 3 is 2.43 bits per heavy atom. The maximum atomic E-state index is 13.1. The highest BCUT2D eigenvalue weighted by molar-refractivity contribution is 7.91. The van der Waals surface area contributed by atoms with Gasteiger partial charge in [0.2, 0.25) is 0 Å². The second kappa shape index (κ2) is 14.8. The second-order valence-corrected chi connectivity index (χ2v) is 12.1. The highest BCUT2D eigenvalue weighted by atomic mass is 32.2. The van der Waals surface area contributed by atoms with Gasteiger partial charge in [-0.25, -0.2) is 17.6 Å². The summed E-state index contributed by atoms with van der Waals surface area (Å²) in [7, 11) is -2.78. The van der Waals surface area contributed by atoms with Gasteiger partial charge in [-0.2, -0.15) is 0 Å². The summed E-state index contributed by atoms with van der Waals surface area (Å²) in [5.41, 5.74) is 0.137. The molecule has 0 aliphatic carbocycles. The second-order valence-electron chi connectivity index (χ2n) is 10.2. The fourth-order valence-electron chi connectivity index (χ4n) is 4.59. The van der Waals surface area contributed by atoms with Gasteiger partial charge in [0.15, 0.2) is 11.5 Å². The first-order valence-corrected chi connectivity index (χ1v) is 16.0. The highest BCUT2D eigenvalue weighted by Gasteiger charge is 2.35. The zero-order chi connectivity index (χ0) is 33.4. The number of nitrogens with zero attached hydrogens (tertiary/aromatic N) is 2. The molecule has 1 N–H and O–H groups in total. The number of carbonyl (C=O) groups excluding carboxylic acids is 1. The maximum Gasteiger partial charge on any atom is 0.414 e. The van der Waals surface area contributed by atoms with Crippen molar-refractivity contribution in [2.75, 3.05) is 26.9 Å². The van der Waals surface area contributed by atoms with E-state index in [2.05, 4.69) is 15.1 Å². The third-order valence-corrected chi connectivity index (χ3v) is 8.72. The summed E-state index contributed by atoms with van der Waals surface area (Å²) >= 11 is 0. The normalized spacial score (nSPS) is 11.4. The first kappa shape index (κ1) is 32.9. The lowest BCUT2D eigenvalue weighted by Gasteiger charge is -2.12. The van der Waals surface area contributed by atoms with E-state index in [0.29, 0.717) is 49.1 Å². The average Bonchev–Trinajstić information content (AvgIpc) is 3.45. The number of nitrogens with one attached hydrogen (secondary N) is 1. The number of hydrogen-bond acceptors (Lipinski definition) is 11. The Balaban J connectivity index is 1.14. The number of hydrogen-bond donors (Lipinski definition) is 1. The molecule has 0 atom stereocenters. The fraction of sp³-hybridized carbons (Fsp3) is 0.250. The number of unbranched alkanes of at least 4 members (excludes halogenated alkanes) is 1. The highest BCUT2D eigenvalue weighted by Crippen LogP contribution is 2.32. The largest absolute Gasteiger partial charge is 0.493 e. The quantitative estimate of drug-likeness (QED) is 0.0971. The van der Waals surface area contributed by atoms with Gasteiger partial charge in [-0.1, -0.05) is 30.3 Å². The van der Waals surface area contributed by atoms with Crippen molar-refractivity contribution in [1.29, 1.82) is 0 Å². The van der Waals surface area contributed by atoms with Crippen molar-refractivity contribution in [1.82, 2.24) is 10.5 Å². The van der Waals surface area contributed by atoms with Gasteiger partial charge in [0.05, 0.1) is 30.4 Å². The molecule has 0 radical (unpaired) electrons. The number of amides is 1. The van der Waals surface area contributed by atoms with E-state index in [4.69, 9.17) is 18.6 Å². The number of halogens is 1. The molecule has 2 heterocycles. The number of rotatable bonds is 15. The third-order valence-electron chi connectivity index (χ3n) is 6.99. The van der Waals surface area contributed by atoms with Crippen molar-refractivity contribution in [3.8, 4) is 17.4 Å². The van der Waals surface area contributed by atoms with Gasteiger partial charge in [-0.15, -0.1) is 0 Å². The molecule has 5 aromatic rings. The van der Waals surface area contributed by atoms with E-state index in [1.165, 1.54) is 55.6 Å². The van der Waals surface area contributed by atoms with Crippen molar-refractivity contribution < 1.29 is 45.8 Å². The van der Waals surface area contributed by atoms with Crippen LogP contribution in [-0.2, 0) is 16.3 Å². The summed E-state index contributed by atoms with van der Waals surface area (Å²) in [6.07, 6.45) is 2.06. The summed E-state index contributed by atoms with van der Waals surface area (Å²) in [4.78, 5) is 25.0. The molecule has 0 fully saturated rings. The Morgan fingerprint density at radius 1 is 0.979 bits per heavy atom. The molecule has 3 aromatic carbocycles. The van der Waals surface area contributed by atoms with E-state index in [-0.39, 0.29) is 40.0 Å². The monoisotopic (exact) mass is 667 g/mol. The van der Waals surface area contributed by atoms with Crippen molar-refractivity contribution in [2.45, 2.75) is 35.6 Å². The lowest BCUT2D eigenvalue weighted by Crippen LogP contribution is -2.31. The standard InChI is InChI=1S/C32H30FN3O10S/c1-42-27-19-22-18-25(29(37)34-15-7-8-21-11-13-23(33)14-12-21)32(38)45-26(22)20-28(27)43-16-5-6-17-44-30-31(36(39)46-35-30)47(40,41)24-9-3-2-4-10-24/h2-4,9-14,18-20H,5-8,15-17H2,1H3,(H,34,37).